The summed E-state index contributed by atoms with van der Waals surface area (Å²) >= 11 is 0. The highest BCUT2D eigenvalue weighted by molar-refractivity contribution is 6.70. The van der Waals surface area contributed by atoms with Gasteiger partial charge in [0.15, 0.2) is 0 Å². The molecule has 8 nitrogen and oxygen atoms in total. The van der Waals surface area contributed by atoms with E-state index in [1.54, 1.807) is 18.3 Å². The van der Waals surface area contributed by atoms with Crippen LogP contribution in [0.3, 0.4) is 0 Å². The molecule has 0 atom stereocenters. The number of ether oxygens (including phenoxy) is 2. The number of carbonyl (C=O) groups excluding carboxylic acids is 1. The molecule has 0 amide bonds. The van der Waals surface area contributed by atoms with Crippen molar-refractivity contribution in [2.45, 2.75) is 13.3 Å². The summed E-state index contributed by atoms with van der Waals surface area (Å²) in [5, 5.41) is 11.2. The zero-order chi connectivity index (χ0) is 27.7. The Hall–Kier alpha value is -4.93. The first-order valence-electron chi connectivity index (χ1n) is 11.1. The van der Waals surface area contributed by atoms with Gasteiger partial charge in [-0.15, -0.1) is 13.2 Å². The molecular formula is C27H24F3N5O3. The van der Waals surface area contributed by atoms with Gasteiger partial charge in [0.2, 0.25) is 5.78 Å². The third kappa shape index (κ3) is 8.05. The van der Waals surface area contributed by atoms with Crippen molar-refractivity contribution in [2.24, 2.45) is 10.7 Å². The smallest absolute Gasteiger partial charge is 0.495 e. The molecule has 196 valence electrons. The average Bonchev–Trinajstić information content (AvgIpc) is 2.87. The Balaban J connectivity index is 1.77. The molecule has 3 aromatic rings. The standard InChI is InChI=1S/C27H24F3N5O3/c1-17(31)14-23(35-19-6-5-7-20(16-19)38-27(28,29)30)26(32)24(36)11-13-34-22-10-9-18(15-25(22)37-2)21-8-3-4-12-33-21/h3-16,32,34H,31H2,1-2H3/b13-11-,17-14?,32-26?,35-23?. The molecule has 0 spiro atoms. The number of nitrogens with two attached hydrogens (primary N) is 1. The molecule has 0 saturated heterocycles. The molecule has 38 heavy (non-hydrogen) atoms. The van der Waals surface area contributed by atoms with E-state index in [2.05, 4.69) is 20.0 Å². The van der Waals surface area contributed by atoms with Crippen molar-refractivity contribution < 1.29 is 27.4 Å². The lowest BCUT2D eigenvalue weighted by Crippen LogP contribution is -2.21. The van der Waals surface area contributed by atoms with Crippen LogP contribution >= 0.6 is 0 Å². The quantitative estimate of drug-likeness (QED) is 0.228. The van der Waals surface area contributed by atoms with Crippen molar-refractivity contribution in [2.75, 3.05) is 12.4 Å². The van der Waals surface area contributed by atoms with Crippen LogP contribution in [0.15, 0.2) is 95.9 Å². The Morgan fingerprint density at radius 1 is 1.13 bits per heavy atom. The summed E-state index contributed by atoms with van der Waals surface area (Å²) in [6.07, 6.45) is 0.540. The number of alkyl halides is 3. The summed E-state index contributed by atoms with van der Waals surface area (Å²) in [4.78, 5) is 21.1. The van der Waals surface area contributed by atoms with Gasteiger partial charge >= 0.3 is 6.36 Å². The fourth-order valence-electron chi connectivity index (χ4n) is 3.19. The van der Waals surface area contributed by atoms with E-state index in [1.807, 2.05) is 24.3 Å². The number of anilines is 1. The van der Waals surface area contributed by atoms with Crippen molar-refractivity contribution in [1.29, 1.82) is 5.41 Å². The second kappa shape index (κ2) is 12.3. The number of aromatic nitrogens is 1. The predicted octanol–water partition coefficient (Wildman–Crippen LogP) is 5.81. The highest BCUT2D eigenvalue weighted by Gasteiger charge is 2.31. The lowest BCUT2D eigenvalue weighted by Gasteiger charge is -2.10. The molecule has 0 fully saturated rings. The van der Waals surface area contributed by atoms with Crippen LogP contribution in [0.1, 0.15) is 6.92 Å². The minimum absolute atomic E-state index is 0.0386. The highest BCUT2D eigenvalue weighted by Crippen LogP contribution is 2.30. The van der Waals surface area contributed by atoms with Crippen LogP contribution in [-0.4, -0.2) is 35.7 Å². The number of hydrogen-bond acceptors (Lipinski definition) is 8. The Labute approximate surface area is 216 Å². The minimum atomic E-state index is -4.87. The molecule has 0 bridgehead atoms. The van der Waals surface area contributed by atoms with E-state index in [4.69, 9.17) is 15.9 Å². The number of nitrogens with one attached hydrogen (secondary N) is 2. The van der Waals surface area contributed by atoms with Gasteiger partial charge in [-0.2, -0.15) is 0 Å². The molecule has 0 radical (unpaired) electrons. The summed E-state index contributed by atoms with van der Waals surface area (Å²) in [7, 11) is 1.51. The molecule has 0 saturated carbocycles. The zero-order valence-corrected chi connectivity index (χ0v) is 20.4. The van der Waals surface area contributed by atoms with Crippen LogP contribution < -0.4 is 20.5 Å². The first-order chi connectivity index (χ1) is 18.1. The van der Waals surface area contributed by atoms with Crippen LogP contribution in [0.5, 0.6) is 11.5 Å². The number of halogens is 3. The Morgan fingerprint density at radius 2 is 1.92 bits per heavy atom. The number of carbonyl (C=O) groups is 1. The number of allylic oxidation sites excluding steroid dienone is 3. The summed E-state index contributed by atoms with van der Waals surface area (Å²) in [6, 6.07) is 15.8. The molecule has 11 heteroatoms. The summed E-state index contributed by atoms with van der Waals surface area (Å²) in [5.41, 5.74) is 7.50. The van der Waals surface area contributed by atoms with Crippen LogP contribution in [0.2, 0.25) is 0 Å². The Bertz CT molecular complexity index is 1400. The van der Waals surface area contributed by atoms with E-state index < -0.39 is 23.6 Å². The summed E-state index contributed by atoms with van der Waals surface area (Å²) < 4.78 is 46.9. The van der Waals surface area contributed by atoms with Gasteiger partial charge in [-0.25, -0.2) is 4.99 Å². The Morgan fingerprint density at radius 3 is 2.58 bits per heavy atom. The number of nitrogens with zero attached hydrogens (tertiary/aromatic N) is 2. The maximum atomic E-state index is 12.7. The van der Waals surface area contributed by atoms with Gasteiger partial charge in [0.1, 0.15) is 17.2 Å². The van der Waals surface area contributed by atoms with Gasteiger partial charge in [0.05, 0.1) is 29.9 Å². The van der Waals surface area contributed by atoms with Crippen molar-refractivity contribution in [3.63, 3.8) is 0 Å². The van der Waals surface area contributed by atoms with Crippen molar-refractivity contribution >= 4 is 28.6 Å². The number of benzene rings is 2. The van der Waals surface area contributed by atoms with Gasteiger partial charge in [-0.3, -0.25) is 15.2 Å². The van der Waals surface area contributed by atoms with E-state index in [0.717, 1.165) is 29.5 Å². The third-order valence-electron chi connectivity index (χ3n) is 4.80. The highest BCUT2D eigenvalue weighted by atomic mass is 19.4. The first kappa shape index (κ1) is 27.7. The molecule has 1 heterocycles. The molecular weight excluding hydrogens is 499 g/mol. The maximum Gasteiger partial charge on any atom is 0.573 e. The average molecular weight is 524 g/mol. The molecule has 0 aliphatic rings. The first-order valence-corrected chi connectivity index (χ1v) is 11.1. The zero-order valence-electron chi connectivity index (χ0n) is 20.4. The van der Waals surface area contributed by atoms with Gasteiger partial charge < -0.3 is 20.5 Å². The van der Waals surface area contributed by atoms with Crippen molar-refractivity contribution in [3.8, 4) is 22.8 Å². The molecule has 4 N–H and O–H groups in total. The van der Waals surface area contributed by atoms with Gasteiger partial charge in [-0.05, 0) is 49.4 Å². The molecule has 3 rings (SSSR count). The summed E-state index contributed by atoms with van der Waals surface area (Å²) in [5.74, 6) is -0.706. The van der Waals surface area contributed by atoms with Gasteiger partial charge in [0.25, 0.3) is 0 Å². The topological polar surface area (TPSA) is 123 Å². The van der Waals surface area contributed by atoms with E-state index in [1.165, 1.54) is 38.4 Å². The van der Waals surface area contributed by atoms with Crippen LogP contribution in [0.25, 0.3) is 11.3 Å². The molecule has 2 aromatic carbocycles. The van der Waals surface area contributed by atoms with Crippen LogP contribution in [0, 0.1) is 5.41 Å². The fraction of sp³-hybridized carbons (Fsp3) is 0.111. The lowest BCUT2D eigenvalue weighted by molar-refractivity contribution is -0.274. The number of hydrogen-bond donors (Lipinski definition) is 3. The fourth-order valence-corrected chi connectivity index (χ4v) is 3.19. The Kier molecular flexibility index (Phi) is 8.99. The van der Waals surface area contributed by atoms with Gasteiger partial charge in [0, 0.05) is 35.8 Å². The molecule has 1 aromatic heterocycles. The van der Waals surface area contributed by atoms with Gasteiger partial charge in [-0.1, -0.05) is 18.2 Å². The van der Waals surface area contributed by atoms with Crippen LogP contribution in [-0.2, 0) is 4.79 Å². The van der Waals surface area contributed by atoms with E-state index in [9.17, 15) is 18.0 Å². The molecule has 0 aliphatic carbocycles. The summed E-state index contributed by atoms with van der Waals surface area (Å²) in [6.45, 7) is 1.52. The monoisotopic (exact) mass is 523 g/mol. The SMILES string of the molecule is COc1cc(-c2ccccn2)ccc1N/C=C\C(=O)C(=N)C(C=C(C)N)=Nc1cccc(OC(F)(F)F)c1. The molecule has 0 unspecified atom stereocenters. The van der Waals surface area contributed by atoms with E-state index in [-0.39, 0.29) is 17.1 Å². The van der Waals surface area contributed by atoms with E-state index >= 15 is 0 Å². The number of ketones is 1. The number of aliphatic imine (C=N–C) groups is 1. The lowest BCUT2D eigenvalue weighted by atomic mass is 10.1. The number of rotatable bonds is 10. The predicted molar refractivity (Wildman–Crippen MR) is 140 cm³/mol. The number of pyridine rings is 1. The van der Waals surface area contributed by atoms with E-state index in [0.29, 0.717) is 11.4 Å². The normalized spacial score (nSPS) is 12.3. The second-order valence-corrected chi connectivity index (χ2v) is 7.78. The second-order valence-electron chi connectivity index (χ2n) is 7.78. The maximum absolute atomic E-state index is 12.7. The van der Waals surface area contributed by atoms with Crippen LogP contribution in [0.4, 0.5) is 24.5 Å². The largest absolute Gasteiger partial charge is 0.573 e. The number of methoxy groups -OCH3 is 1. The molecule has 0 aliphatic heterocycles. The van der Waals surface area contributed by atoms with Crippen molar-refractivity contribution in [3.05, 3.63) is 90.9 Å². The van der Waals surface area contributed by atoms with Crippen molar-refractivity contribution in [1.82, 2.24) is 4.98 Å². The third-order valence-corrected chi connectivity index (χ3v) is 4.80. The minimum Gasteiger partial charge on any atom is -0.495 e.